The minimum atomic E-state index is -0.170. The van der Waals surface area contributed by atoms with Gasteiger partial charge in [0.25, 0.3) is 0 Å². The van der Waals surface area contributed by atoms with E-state index in [2.05, 4.69) is 33.4 Å². The summed E-state index contributed by atoms with van der Waals surface area (Å²) < 4.78 is 0.987. The monoisotopic (exact) mass is 509 g/mol. The van der Waals surface area contributed by atoms with Crippen LogP contribution in [0.3, 0.4) is 0 Å². The highest BCUT2D eigenvalue weighted by molar-refractivity contribution is 9.11. The molecule has 164 valence electrons. The van der Waals surface area contributed by atoms with Gasteiger partial charge in [-0.2, -0.15) is 0 Å². The second-order valence-electron chi connectivity index (χ2n) is 7.80. The van der Waals surface area contributed by atoms with Crippen molar-refractivity contribution < 1.29 is 9.59 Å². The number of carbonyl (C=O) groups is 2. The Labute approximate surface area is 200 Å². The van der Waals surface area contributed by atoms with Crippen LogP contribution in [-0.4, -0.2) is 30.1 Å². The van der Waals surface area contributed by atoms with Gasteiger partial charge in [0.05, 0.1) is 32.2 Å². The number of benzene rings is 2. The molecule has 32 heavy (non-hydrogen) atoms. The minimum Gasteiger partial charge on any atom is -0.352 e. The molecular formula is C25H24BrN3O2S. The smallest absolute Gasteiger partial charge is 0.240 e. The van der Waals surface area contributed by atoms with Gasteiger partial charge in [-0.1, -0.05) is 42.5 Å². The lowest BCUT2D eigenvalue weighted by molar-refractivity contribution is -0.123. The van der Waals surface area contributed by atoms with Crippen molar-refractivity contribution in [3.8, 4) is 0 Å². The molecule has 0 bridgehead atoms. The fourth-order valence-electron chi connectivity index (χ4n) is 3.69. The summed E-state index contributed by atoms with van der Waals surface area (Å²) in [6.45, 7) is 1.97. The number of para-hydroxylation sites is 2. The lowest BCUT2D eigenvalue weighted by Crippen LogP contribution is -2.43. The van der Waals surface area contributed by atoms with Crippen molar-refractivity contribution in [2.24, 2.45) is 4.99 Å². The Morgan fingerprint density at radius 1 is 1.12 bits per heavy atom. The summed E-state index contributed by atoms with van der Waals surface area (Å²) in [7, 11) is 0. The van der Waals surface area contributed by atoms with Crippen LogP contribution < -0.4 is 10.2 Å². The molecule has 2 heterocycles. The number of fused-ring (bicyclic) bond motifs is 1. The third kappa shape index (κ3) is 5.53. The van der Waals surface area contributed by atoms with E-state index >= 15 is 0 Å². The first-order valence-corrected chi connectivity index (χ1v) is 12.2. The van der Waals surface area contributed by atoms with Crippen LogP contribution in [0.5, 0.6) is 0 Å². The van der Waals surface area contributed by atoms with Gasteiger partial charge in [0.1, 0.15) is 6.54 Å². The van der Waals surface area contributed by atoms with Crippen molar-refractivity contribution in [3.63, 3.8) is 0 Å². The molecule has 0 unspecified atom stereocenters. The molecule has 0 aliphatic carbocycles. The normalized spacial score (nSPS) is 14.4. The van der Waals surface area contributed by atoms with Crippen molar-refractivity contribution in [2.45, 2.75) is 32.2 Å². The zero-order valence-corrected chi connectivity index (χ0v) is 20.2. The van der Waals surface area contributed by atoms with E-state index in [1.165, 1.54) is 5.56 Å². The fourth-order valence-corrected chi connectivity index (χ4v) is 5.07. The number of anilines is 1. The summed E-state index contributed by atoms with van der Waals surface area (Å²) >= 11 is 5.02. The van der Waals surface area contributed by atoms with E-state index < -0.39 is 0 Å². The molecule has 1 aliphatic heterocycles. The third-order valence-electron chi connectivity index (χ3n) is 5.32. The number of rotatable bonds is 7. The van der Waals surface area contributed by atoms with E-state index in [-0.39, 0.29) is 30.8 Å². The predicted molar refractivity (Wildman–Crippen MR) is 134 cm³/mol. The second kappa shape index (κ2) is 10.2. The van der Waals surface area contributed by atoms with Gasteiger partial charge in [-0.05, 0) is 65.5 Å². The highest BCUT2D eigenvalue weighted by Gasteiger charge is 2.27. The maximum atomic E-state index is 13.2. The summed E-state index contributed by atoms with van der Waals surface area (Å²) in [5, 5.41) is 3.04. The van der Waals surface area contributed by atoms with E-state index in [9.17, 15) is 9.59 Å². The lowest BCUT2D eigenvalue weighted by Gasteiger charge is -2.23. The van der Waals surface area contributed by atoms with Crippen molar-refractivity contribution in [2.75, 3.05) is 11.4 Å². The van der Waals surface area contributed by atoms with E-state index in [1.54, 1.807) is 16.2 Å². The molecule has 1 N–H and O–H groups in total. The third-order valence-corrected chi connectivity index (χ3v) is 7.00. The zero-order valence-electron chi connectivity index (χ0n) is 17.8. The maximum absolute atomic E-state index is 13.2. The van der Waals surface area contributed by atoms with Crippen LogP contribution in [0.15, 0.2) is 75.5 Å². The number of hydrogen-bond acceptors (Lipinski definition) is 4. The average molecular weight is 510 g/mol. The van der Waals surface area contributed by atoms with Gasteiger partial charge in [-0.3, -0.25) is 9.59 Å². The first-order chi connectivity index (χ1) is 15.5. The van der Waals surface area contributed by atoms with Crippen LogP contribution in [-0.2, 0) is 16.0 Å². The first kappa shape index (κ1) is 22.4. The van der Waals surface area contributed by atoms with E-state index in [4.69, 9.17) is 4.99 Å². The Bertz CT molecular complexity index is 1140. The topological polar surface area (TPSA) is 61.8 Å². The van der Waals surface area contributed by atoms with Crippen LogP contribution >= 0.6 is 27.3 Å². The number of nitrogens with zero attached hydrogens (tertiary/aromatic N) is 2. The number of hydrogen-bond donors (Lipinski definition) is 1. The minimum absolute atomic E-state index is 0.00955. The number of halogens is 1. The summed E-state index contributed by atoms with van der Waals surface area (Å²) in [5.41, 5.74) is 3.32. The van der Waals surface area contributed by atoms with Gasteiger partial charge < -0.3 is 10.2 Å². The summed E-state index contributed by atoms with van der Waals surface area (Å²) in [6, 6.07) is 21.6. The molecule has 5 nitrogen and oxygen atoms in total. The molecule has 1 aliphatic rings. The molecule has 0 spiro atoms. The first-order valence-electron chi connectivity index (χ1n) is 10.6. The molecule has 0 saturated heterocycles. The SMILES string of the molecule is C[C@@H](CCc1ccccc1)NC(=O)CN1C(=O)CC(c2ccc(Br)s2)=Nc2ccccc21. The molecule has 1 atom stereocenters. The fraction of sp³-hybridized carbons (Fsp3) is 0.240. The van der Waals surface area contributed by atoms with Crippen molar-refractivity contribution >= 4 is 56.2 Å². The zero-order chi connectivity index (χ0) is 22.5. The molecular weight excluding hydrogens is 486 g/mol. The molecule has 0 radical (unpaired) electrons. The number of carbonyl (C=O) groups excluding carboxylic acids is 2. The molecule has 1 aromatic heterocycles. The standard InChI is InChI=1S/C25H24BrN3O2S/c1-17(11-12-18-7-3-2-4-8-18)27-24(30)16-29-21-10-6-5-9-19(21)28-20(15-25(29)31)22-13-14-23(26)32-22/h2-10,13-14,17H,11-12,15-16H2,1H3,(H,27,30)/t17-/m0/s1. The Morgan fingerprint density at radius 3 is 2.62 bits per heavy atom. The number of aliphatic imine (C=N–C) groups is 1. The quantitative estimate of drug-likeness (QED) is 0.456. The molecule has 4 rings (SSSR count). The highest BCUT2D eigenvalue weighted by Crippen LogP contribution is 2.34. The number of amides is 2. The summed E-state index contributed by atoms with van der Waals surface area (Å²) in [4.78, 5) is 33.2. The van der Waals surface area contributed by atoms with Crippen LogP contribution in [0.4, 0.5) is 11.4 Å². The van der Waals surface area contributed by atoms with Crippen molar-refractivity contribution in [1.82, 2.24) is 5.32 Å². The van der Waals surface area contributed by atoms with Crippen LogP contribution in [0.25, 0.3) is 0 Å². The summed E-state index contributed by atoms with van der Waals surface area (Å²) in [5.74, 6) is -0.304. The van der Waals surface area contributed by atoms with Gasteiger partial charge >= 0.3 is 0 Å². The molecule has 2 amide bonds. The van der Waals surface area contributed by atoms with Crippen LogP contribution in [0.2, 0.25) is 0 Å². The van der Waals surface area contributed by atoms with Crippen LogP contribution in [0, 0.1) is 0 Å². The van der Waals surface area contributed by atoms with Gasteiger partial charge in [-0.25, -0.2) is 4.99 Å². The van der Waals surface area contributed by atoms with Crippen LogP contribution in [0.1, 0.15) is 30.2 Å². The van der Waals surface area contributed by atoms with Gasteiger partial charge in [-0.15, -0.1) is 11.3 Å². The Morgan fingerprint density at radius 2 is 1.88 bits per heavy atom. The predicted octanol–water partition coefficient (Wildman–Crippen LogP) is 5.51. The average Bonchev–Trinajstić information content (AvgIpc) is 3.17. The van der Waals surface area contributed by atoms with Crippen molar-refractivity contribution in [1.29, 1.82) is 0 Å². The van der Waals surface area contributed by atoms with Gasteiger partial charge in [0.15, 0.2) is 0 Å². The molecule has 7 heteroatoms. The molecule has 0 fully saturated rings. The van der Waals surface area contributed by atoms with Gasteiger partial charge in [0.2, 0.25) is 11.8 Å². The van der Waals surface area contributed by atoms with E-state index in [1.807, 2.05) is 61.5 Å². The number of thiophene rings is 1. The Hall–Kier alpha value is -2.77. The lowest BCUT2D eigenvalue weighted by atomic mass is 10.1. The Kier molecular flexibility index (Phi) is 7.17. The molecule has 3 aromatic rings. The second-order valence-corrected chi connectivity index (χ2v) is 10.3. The van der Waals surface area contributed by atoms with Crippen molar-refractivity contribution in [3.05, 3.63) is 81.0 Å². The molecule has 0 saturated carbocycles. The maximum Gasteiger partial charge on any atom is 0.240 e. The number of nitrogens with one attached hydrogen (secondary N) is 1. The highest BCUT2D eigenvalue weighted by atomic mass is 79.9. The van der Waals surface area contributed by atoms with E-state index in [0.29, 0.717) is 11.4 Å². The number of aryl methyl sites for hydroxylation is 1. The summed E-state index contributed by atoms with van der Waals surface area (Å²) in [6.07, 6.45) is 1.88. The largest absolute Gasteiger partial charge is 0.352 e. The van der Waals surface area contributed by atoms with Gasteiger partial charge in [0, 0.05) is 6.04 Å². The Balaban J connectivity index is 1.44. The molecule has 2 aromatic carbocycles. The van der Waals surface area contributed by atoms with E-state index in [0.717, 1.165) is 27.2 Å².